The maximum absolute atomic E-state index is 13.5. The van der Waals surface area contributed by atoms with Crippen LogP contribution in [0.3, 0.4) is 0 Å². The van der Waals surface area contributed by atoms with Crippen molar-refractivity contribution in [1.29, 1.82) is 0 Å². The van der Waals surface area contributed by atoms with E-state index in [2.05, 4.69) is 0 Å². The van der Waals surface area contributed by atoms with Gasteiger partial charge in [-0.15, -0.1) is 0 Å². The molecule has 0 saturated heterocycles. The smallest absolute Gasteiger partial charge is 0.335 e. The summed E-state index contributed by atoms with van der Waals surface area (Å²) in [5, 5.41) is 18.4. The van der Waals surface area contributed by atoms with Crippen molar-refractivity contribution < 1.29 is 19.4 Å². The van der Waals surface area contributed by atoms with Crippen LogP contribution in [0, 0.1) is 5.82 Å². The molecule has 0 unspecified atom stereocenters. The van der Waals surface area contributed by atoms with Crippen molar-refractivity contribution in [2.45, 2.75) is 0 Å². The van der Waals surface area contributed by atoms with Gasteiger partial charge in [-0.05, 0) is 24.3 Å². The van der Waals surface area contributed by atoms with Crippen molar-refractivity contribution >= 4 is 5.97 Å². The molecule has 86 valence electrons. The van der Waals surface area contributed by atoms with Crippen LogP contribution in [0.15, 0.2) is 42.5 Å². The van der Waals surface area contributed by atoms with Crippen LogP contribution in [-0.2, 0) is 0 Å². The summed E-state index contributed by atoms with van der Waals surface area (Å²) < 4.78 is 13.5. The van der Waals surface area contributed by atoms with Gasteiger partial charge in [0.1, 0.15) is 11.6 Å². The molecule has 4 heteroatoms. The van der Waals surface area contributed by atoms with Crippen molar-refractivity contribution in [3.63, 3.8) is 0 Å². The zero-order valence-corrected chi connectivity index (χ0v) is 8.72. The summed E-state index contributed by atoms with van der Waals surface area (Å²) in [5.41, 5.74) is 0.470. The van der Waals surface area contributed by atoms with Gasteiger partial charge in [0.05, 0.1) is 5.56 Å². The zero-order chi connectivity index (χ0) is 12.4. The number of halogens is 1. The third-order valence-corrected chi connectivity index (χ3v) is 2.41. The Morgan fingerprint density at radius 1 is 1.06 bits per heavy atom. The Balaban J connectivity index is 2.55. The maximum atomic E-state index is 13.5. The number of phenols is 1. The average Bonchev–Trinajstić information content (AvgIpc) is 2.30. The van der Waals surface area contributed by atoms with Gasteiger partial charge in [0.25, 0.3) is 0 Å². The van der Waals surface area contributed by atoms with Crippen LogP contribution >= 0.6 is 0 Å². The molecule has 0 aliphatic rings. The molecule has 2 N–H and O–H groups in total. The van der Waals surface area contributed by atoms with E-state index in [-0.39, 0.29) is 22.4 Å². The lowest BCUT2D eigenvalue weighted by Gasteiger charge is -2.06. The molecule has 0 heterocycles. The fraction of sp³-hybridized carbons (Fsp3) is 0. The van der Waals surface area contributed by atoms with E-state index in [1.54, 1.807) is 12.1 Å². The predicted octanol–water partition coefficient (Wildman–Crippen LogP) is 2.90. The standard InChI is InChI=1S/C13H9FO3/c14-11-4-2-1-3-9(11)10-6-5-8(13(16)17)7-12(10)15/h1-7,15H,(H,16,17). The second-order valence-electron chi connectivity index (χ2n) is 3.52. The highest BCUT2D eigenvalue weighted by molar-refractivity contribution is 5.89. The first-order valence-corrected chi connectivity index (χ1v) is 4.91. The number of hydrogen-bond donors (Lipinski definition) is 2. The van der Waals surface area contributed by atoms with Gasteiger partial charge < -0.3 is 10.2 Å². The molecule has 2 aromatic carbocycles. The fourth-order valence-electron chi connectivity index (χ4n) is 1.57. The molecule has 0 radical (unpaired) electrons. The lowest BCUT2D eigenvalue weighted by Crippen LogP contribution is -1.96. The number of aromatic hydroxyl groups is 1. The molecule has 2 rings (SSSR count). The first-order valence-electron chi connectivity index (χ1n) is 4.91. The lowest BCUT2D eigenvalue weighted by atomic mass is 10.0. The summed E-state index contributed by atoms with van der Waals surface area (Å²) in [6.07, 6.45) is 0. The minimum absolute atomic E-state index is 0.0393. The third kappa shape index (κ3) is 2.10. The molecule has 0 aliphatic carbocycles. The summed E-state index contributed by atoms with van der Waals surface area (Å²) in [6.45, 7) is 0. The van der Waals surface area contributed by atoms with Gasteiger partial charge in [0, 0.05) is 11.1 Å². The largest absolute Gasteiger partial charge is 0.507 e. The molecule has 0 aromatic heterocycles. The minimum Gasteiger partial charge on any atom is -0.507 e. The number of carboxylic acids is 1. The van der Waals surface area contributed by atoms with Gasteiger partial charge in [-0.25, -0.2) is 9.18 Å². The molecule has 0 bridgehead atoms. The van der Waals surface area contributed by atoms with Gasteiger partial charge in [-0.2, -0.15) is 0 Å². The van der Waals surface area contributed by atoms with E-state index >= 15 is 0 Å². The third-order valence-electron chi connectivity index (χ3n) is 2.41. The van der Waals surface area contributed by atoms with Crippen LogP contribution in [0.5, 0.6) is 5.75 Å². The summed E-state index contributed by atoms with van der Waals surface area (Å²) in [4.78, 5) is 10.7. The van der Waals surface area contributed by atoms with Gasteiger partial charge in [-0.3, -0.25) is 0 Å². The zero-order valence-electron chi connectivity index (χ0n) is 8.72. The van der Waals surface area contributed by atoms with Gasteiger partial charge >= 0.3 is 5.97 Å². The van der Waals surface area contributed by atoms with Crippen molar-refractivity contribution in [3.05, 3.63) is 53.8 Å². The van der Waals surface area contributed by atoms with E-state index in [1.807, 2.05) is 0 Å². The first-order chi connectivity index (χ1) is 8.09. The fourth-order valence-corrected chi connectivity index (χ4v) is 1.57. The van der Waals surface area contributed by atoms with E-state index in [9.17, 15) is 14.3 Å². The first kappa shape index (κ1) is 11.1. The highest BCUT2D eigenvalue weighted by Gasteiger charge is 2.11. The number of rotatable bonds is 2. The number of aromatic carboxylic acids is 1. The van der Waals surface area contributed by atoms with E-state index in [0.29, 0.717) is 0 Å². The normalized spacial score (nSPS) is 10.2. The Morgan fingerprint density at radius 3 is 2.35 bits per heavy atom. The van der Waals surface area contributed by atoms with E-state index in [1.165, 1.54) is 24.3 Å². The number of carboxylic acid groups (broad SMARTS) is 1. The number of hydrogen-bond acceptors (Lipinski definition) is 2. The SMILES string of the molecule is O=C(O)c1ccc(-c2ccccc2F)c(O)c1. The number of benzene rings is 2. The Hall–Kier alpha value is -2.36. The van der Waals surface area contributed by atoms with Crippen LogP contribution < -0.4 is 0 Å². The number of carbonyl (C=O) groups is 1. The molecule has 2 aromatic rings. The average molecular weight is 232 g/mol. The second-order valence-corrected chi connectivity index (χ2v) is 3.52. The molecule has 0 aliphatic heterocycles. The van der Waals surface area contributed by atoms with Crippen molar-refractivity contribution in [3.8, 4) is 16.9 Å². The van der Waals surface area contributed by atoms with Gasteiger partial charge in [0.15, 0.2) is 0 Å². The monoisotopic (exact) mass is 232 g/mol. The molecule has 0 amide bonds. The molecular weight excluding hydrogens is 223 g/mol. The Morgan fingerprint density at radius 2 is 1.76 bits per heavy atom. The molecular formula is C13H9FO3. The molecule has 0 atom stereocenters. The van der Waals surface area contributed by atoms with E-state index in [0.717, 1.165) is 6.07 Å². The van der Waals surface area contributed by atoms with Crippen LogP contribution in [0.1, 0.15) is 10.4 Å². The Kier molecular flexibility index (Phi) is 2.78. The summed E-state index contributed by atoms with van der Waals surface area (Å²) >= 11 is 0. The quantitative estimate of drug-likeness (QED) is 0.836. The second kappa shape index (κ2) is 4.25. The molecule has 3 nitrogen and oxygen atoms in total. The Bertz CT molecular complexity index is 579. The van der Waals surface area contributed by atoms with Crippen molar-refractivity contribution in [2.24, 2.45) is 0 Å². The summed E-state index contributed by atoms with van der Waals surface area (Å²) in [7, 11) is 0. The summed E-state index contributed by atoms with van der Waals surface area (Å²) in [6, 6.07) is 9.79. The molecule has 0 saturated carbocycles. The van der Waals surface area contributed by atoms with Crippen molar-refractivity contribution in [1.82, 2.24) is 0 Å². The number of phenolic OH excluding ortho intramolecular Hbond substituents is 1. The van der Waals surface area contributed by atoms with Gasteiger partial charge in [0.2, 0.25) is 0 Å². The van der Waals surface area contributed by atoms with E-state index in [4.69, 9.17) is 5.11 Å². The highest BCUT2D eigenvalue weighted by atomic mass is 19.1. The van der Waals surface area contributed by atoms with Gasteiger partial charge in [-0.1, -0.05) is 18.2 Å². The van der Waals surface area contributed by atoms with Crippen LogP contribution in [0.4, 0.5) is 4.39 Å². The van der Waals surface area contributed by atoms with E-state index < -0.39 is 11.8 Å². The Labute approximate surface area is 96.8 Å². The van der Waals surface area contributed by atoms with Crippen LogP contribution in [-0.4, -0.2) is 16.2 Å². The minimum atomic E-state index is -1.14. The topological polar surface area (TPSA) is 57.5 Å². The molecule has 17 heavy (non-hydrogen) atoms. The molecule has 0 spiro atoms. The van der Waals surface area contributed by atoms with Crippen molar-refractivity contribution in [2.75, 3.05) is 0 Å². The maximum Gasteiger partial charge on any atom is 0.335 e. The summed E-state index contributed by atoms with van der Waals surface area (Å²) in [5.74, 6) is -1.86. The van der Waals surface area contributed by atoms with Crippen LogP contribution in [0.2, 0.25) is 0 Å². The van der Waals surface area contributed by atoms with Crippen LogP contribution in [0.25, 0.3) is 11.1 Å². The predicted molar refractivity (Wildman–Crippen MR) is 60.5 cm³/mol. The molecule has 0 fully saturated rings. The lowest BCUT2D eigenvalue weighted by molar-refractivity contribution is 0.0696. The highest BCUT2D eigenvalue weighted by Crippen LogP contribution is 2.31.